The number of alkyl carbamates (subject to hydrolysis) is 2. The number of nitrogens with two attached hydrogens (primary N) is 1. The Labute approximate surface area is 269 Å². The minimum atomic E-state index is -0.778. The first kappa shape index (κ1) is 32.0. The van der Waals surface area contributed by atoms with Gasteiger partial charge < -0.3 is 41.0 Å². The number of amides is 2. The van der Waals surface area contributed by atoms with Gasteiger partial charge in [0.2, 0.25) is 0 Å². The van der Waals surface area contributed by atoms with Gasteiger partial charge in [-0.3, -0.25) is 0 Å². The summed E-state index contributed by atoms with van der Waals surface area (Å²) in [6.45, 7) is 15.0. The van der Waals surface area contributed by atoms with Crippen LogP contribution < -0.4 is 21.7 Å². The molecule has 0 bridgehead atoms. The molecule has 13 unspecified atom stereocenters. The lowest BCUT2D eigenvalue weighted by Gasteiger charge is -2.63. The van der Waals surface area contributed by atoms with Crippen molar-refractivity contribution < 1.29 is 28.9 Å². The van der Waals surface area contributed by atoms with Crippen LogP contribution in [0.4, 0.5) is 9.59 Å². The monoisotopic (exact) mass is 630 g/mol. The zero-order chi connectivity index (χ0) is 32.3. The molecule has 7 fully saturated rings. The zero-order valence-corrected chi connectivity index (χ0v) is 28.5. The van der Waals surface area contributed by atoms with E-state index in [2.05, 4.69) is 57.5 Å². The largest absolute Gasteiger partial charge is 0.446 e. The summed E-state index contributed by atoms with van der Waals surface area (Å²) in [5, 5.41) is 21.2. The van der Waals surface area contributed by atoms with Crippen LogP contribution in [0.5, 0.6) is 0 Å². The van der Waals surface area contributed by atoms with Crippen molar-refractivity contribution in [1.82, 2.24) is 16.0 Å². The summed E-state index contributed by atoms with van der Waals surface area (Å²) in [7, 11) is 1.57. The Morgan fingerprint density at radius 2 is 1.71 bits per heavy atom. The number of hydrogen-bond donors (Lipinski definition) is 5. The van der Waals surface area contributed by atoms with Gasteiger partial charge in [-0.2, -0.15) is 0 Å². The van der Waals surface area contributed by atoms with E-state index in [0.717, 1.165) is 64.5 Å². The summed E-state index contributed by atoms with van der Waals surface area (Å²) < 4.78 is 18.8. The van der Waals surface area contributed by atoms with Gasteiger partial charge in [0.15, 0.2) is 0 Å². The molecule has 0 aromatic carbocycles. The summed E-state index contributed by atoms with van der Waals surface area (Å²) in [6.07, 6.45) is 5.35. The number of carbonyl (C=O) groups excluding carboxylic acids is 2. The molecule has 2 saturated heterocycles. The van der Waals surface area contributed by atoms with Crippen LogP contribution in [-0.4, -0.2) is 79.5 Å². The molecule has 0 aromatic rings. The van der Waals surface area contributed by atoms with E-state index in [-0.39, 0.29) is 75.8 Å². The molecule has 2 aliphatic heterocycles. The number of carbonyl (C=O) groups is 2. The van der Waals surface area contributed by atoms with Crippen LogP contribution in [0.2, 0.25) is 0 Å². The number of fused-ring (bicyclic) bond motifs is 4. The van der Waals surface area contributed by atoms with Gasteiger partial charge in [0.25, 0.3) is 0 Å². The maximum Gasteiger partial charge on any atom is 0.407 e. The van der Waals surface area contributed by atoms with Gasteiger partial charge in [-0.15, -0.1) is 0 Å². The molecule has 254 valence electrons. The first-order valence-corrected chi connectivity index (χ1v) is 17.8. The number of aliphatic hydroxyl groups is 1. The van der Waals surface area contributed by atoms with Gasteiger partial charge in [-0.05, 0) is 97.2 Å². The number of ether oxygens (including phenoxy) is 3. The van der Waals surface area contributed by atoms with Gasteiger partial charge in [0.1, 0.15) is 12.2 Å². The molecular formula is C35H58N4O6. The van der Waals surface area contributed by atoms with E-state index in [1.165, 1.54) is 0 Å². The van der Waals surface area contributed by atoms with Crippen LogP contribution >= 0.6 is 0 Å². The average molecular weight is 631 g/mol. The summed E-state index contributed by atoms with van der Waals surface area (Å²) >= 11 is 0. The molecule has 7 rings (SSSR count). The molecule has 2 amide bonds. The van der Waals surface area contributed by atoms with Gasteiger partial charge in [0.05, 0.1) is 29.9 Å². The van der Waals surface area contributed by atoms with Crippen LogP contribution in [0.25, 0.3) is 0 Å². The molecule has 13 atom stereocenters. The SMILES string of the molecule is CNC(=O)OC(C(C)C)C1CC(C)C2C(O1)C(O)C1(N)C3CCC4C(C)(C)C(OC(=O)NC5CNC5)CCC45CC35CCC21C. The zero-order valence-electron chi connectivity index (χ0n) is 28.5. The first-order chi connectivity index (χ1) is 21.2. The van der Waals surface area contributed by atoms with Crippen LogP contribution in [0.1, 0.15) is 92.9 Å². The third-order valence-electron chi connectivity index (χ3n) is 15.1. The molecule has 10 heteroatoms. The minimum Gasteiger partial charge on any atom is -0.446 e. The van der Waals surface area contributed by atoms with E-state index < -0.39 is 23.8 Å². The van der Waals surface area contributed by atoms with Crippen LogP contribution in [0.3, 0.4) is 0 Å². The molecule has 7 aliphatic rings. The van der Waals surface area contributed by atoms with E-state index in [0.29, 0.717) is 5.92 Å². The van der Waals surface area contributed by atoms with E-state index in [4.69, 9.17) is 19.9 Å². The lowest BCUT2D eigenvalue weighted by atomic mass is 9.43. The van der Waals surface area contributed by atoms with Crippen molar-refractivity contribution in [2.24, 2.45) is 57.0 Å². The average Bonchev–Trinajstić information content (AvgIpc) is 3.59. The van der Waals surface area contributed by atoms with E-state index >= 15 is 0 Å². The second-order valence-corrected chi connectivity index (χ2v) is 17.5. The van der Waals surface area contributed by atoms with Gasteiger partial charge in [0, 0.05) is 25.6 Å². The van der Waals surface area contributed by atoms with Crippen LogP contribution in [-0.2, 0) is 14.2 Å². The Morgan fingerprint density at radius 3 is 2.36 bits per heavy atom. The summed E-state index contributed by atoms with van der Waals surface area (Å²) in [6, 6.07) is 0.165. The number of hydrogen-bond acceptors (Lipinski definition) is 8. The highest BCUT2D eigenvalue weighted by Crippen LogP contribution is 2.87. The molecular weight excluding hydrogens is 572 g/mol. The fourth-order valence-electron chi connectivity index (χ4n) is 12.9. The molecule has 45 heavy (non-hydrogen) atoms. The van der Waals surface area contributed by atoms with E-state index in [1.54, 1.807) is 7.05 Å². The number of nitrogens with one attached hydrogen (secondary N) is 3. The van der Waals surface area contributed by atoms with E-state index in [9.17, 15) is 14.7 Å². The molecule has 2 heterocycles. The Bertz CT molecular complexity index is 1210. The van der Waals surface area contributed by atoms with Crippen molar-refractivity contribution >= 4 is 12.2 Å². The van der Waals surface area contributed by atoms with Crippen molar-refractivity contribution in [3.05, 3.63) is 0 Å². The quantitative estimate of drug-likeness (QED) is 0.307. The smallest absolute Gasteiger partial charge is 0.407 e. The van der Waals surface area contributed by atoms with Gasteiger partial charge in [-0.1, -0.05) is 41.5 Å². The third-order valence-corrected chi connectivity index (χ3v) is 15.1. The number of aliphatic hydroxyl groups excluding tert-OH is 1. The predicted molar refractivity (Wildman–Crippen MR) is 169 cm³/mol. The molecule has 5 aliphatic carbocycles. The van der Waals surface area contributed by atoms with Gasteiger partial charge >= 0.3 is 12.2 Å². The first-order valence-electron chi connectivity index (χ1n) is 17.8. The molecule has 2 spiro atoms. The van der Waals surface area contributed by atoms with Crippen molar-refractivity contribution in [3.63, 3.8) is 0 Å². The van der Waals surface area contributed by atoms with Crippen LogP contribution in [0.15, 0.2) is 0 Å². The van der Waals surface area contributed by atoms with Crippen molar-refractivity contribution in [1.29, 1.82) is 0 Å². The van der Waals surface area contributed by atoms with Crippen molar-refractivity contribution in [3.8, 4) is 0 Å². The highest BCUT2D eigenvalue weighted by atomic mass is 16.6. The summed E-state index contributed by atoms with van der Waals surface area (Å²) in [5.41, 5.74) is 6.93. The molecule has 6 N–H and O–H groups in total. The maximum absolute atomic E-state index is 12.8. The fourth-order valence-corrected chi connectivity index (χ4v) is 12.9. The van der Waals surface area contributed by atoms with Crippen LogP contribution in [0, 0.1) is 51.2 Å². The maximum atomic E-state index is 12.8. The molecule has 0 radical (unpaired) electrons. The highest BCUT2D eigenvalue weighted by Gasteiger charge is 2.85. The normalized spacial score (nSPS) is 50.0. The molecule has 5 saturated carbocycles. The van der Waals surface area contributed by atoms with Crippen molar-refractivity contribution in [2.45, 2.75) is 135 Å². The fraction of sp³-hybridized carbons (Fsp3) is 0.943. The molecule has 10 nitrogen and oxygen atoms in total. The second kappa shape index (κ2) is 10.4. The Balaban J connectivity index is 1.13. The summed E-state index contributed by atoms with van der Waals surface area (Å²) in [4.78, 5) is 25.0. The Hall–Kier alpha value is -1.62. The Morgan fingerprint density at radius 1 is 1.02 bits per heavy atom. The summed E-state index contributed by atoms with van der Waals surface area (Å²) in [5.74, 6) is 1.19. The highest BCUT2D eigenvalue weighted by molar-refractivity contribution is 5.68. The lowest BCUT2D eigenvalue weighted by Crippen LogP contribution is -2.70. The topological polar surface area (TPSA) is 144 Å². The van der Waals surface area contributed by atoms with Gasteiger partial charge in [-0.25, -0.2) is 9.59 Å². The lowest BCUT2D eigenvalue weighted by molar-refractivity contribution is -0.177. The minimum absolute atomic E-state index is 0.0768. The molecule has 0 aromatic heterocycles. The Kier molecular flexibility index (Phi) is 7.41. The second-order valence-electron chi connectivity index (χ2n) is 17.5. The predicted octanol–water partition coefficient (Wildman–Crippen LogP) is 3.94. The van der Waals surface area contributed by atoms with E-state index in [1.807, 2.05) is 0 Å². The standard InChI is InChI=1S/C35H58N4O6/c1-18(2)26(45-29(41)37-7)21-14-19(3)25-27(43-21)28(40)35(36)23-9-8-22-31(4,5)24(44-30(42)39-20-15-38-16-20)10-11-33(22)17-34(23,33)13-12-32(25,35)6/h18-28,38,40H,8-17,36H2,1-7H3,(H,37,41)(H,39,42). The van der Waals surface area contributed by atoms with Crippen molar-refractivity contribution in [2.75, 3.05) is 20.1 Å². The third kappa shape index (κ3) is 4.19. The number of rotatable bonds is 5.